The van der Waals surface area contributed by atoms with Crippen molar-refractivity contribution in [3.8, 4) is 0 Å². The van der Waals surface area contributed by atoms with Crippen molar-refractivity contribution in [3.05, 3.63) is 83.3 Å². The number of nitrogens with one attached hydrogen (secondary N) is 1. The fourth-order valence-electron chi connectivity index (χ4n) is 3.74. The van der Waals surface area contributed by atoms with Gasteiger partial charge < -0.3 is 15.8 Å². The first kappa shape index (κ1) is 22.3. The van der Waals surface area contributed by atoms with Gasteiger partial charge in [0.2, 0.25) is 0 Å². The number of ether oxygens (including phenoxy) is 1. The molecule has 2 heterocycles. The first-order valence-electron chi connectivity index (χ1n) is 10.8. The number of benzene rings is 2. The average Bonchev–Trinajstić information content (AvgIpc) is 3.17. The lowest BCUT2D eigenvalue weighted by atomic mass is 10.1. The van der Waals surface area contributed by atoms with Gasteiger partial charge in [0.25, 0.3) is 0 Å². The normalized spacial score (nSPS) is 11.5. The van der Waals surface area contributed by atoms with Gasteiger partial charge in [-0.1, -0.05) is 60.2 Å². The first-order valence-corrected chi connectivity index (χ1v) is 10.8. The molecule has 170 valence electrons. The number of alkyl carbamates (subject to hydrolysis) is 1. The predicted octanol–water partition coefficient (Wildman–Crippen LogP) is 3.97. The highest BCUT2D eigenvalue weighted by atomic mass is 16.5. The highest BCUT2D eigenvalue weighted by molar-refractivity contribution is 5.88. The molecule has 0 unspecified atom stereocenters. The fraction of sp³-hybridized carbons (Fsp3) is 0.280. The zero-order valence-electron chi connectivity index (χ0n) is 19.1. The summed E-state index contributed by atoms with van der Waals surface area (Å²) in [7, 11) is 0. The number of amides is 1. The molecule has 2 aromatic carbocycles. The van der Waals surface area contributed by atoms with E-state index in [9.17, 15) is 4.79 Å². The molecule has 0 atom stereocenters. The number of nitrogens with two attached hydrogens (primary N) is 1. The Morgan fingerprint density at radius 1 is 1.09 bits per heavy atom. The standard InChI is InChI=1S/C25H28N6O2/c1-17-8-7-11-19(12-17)13-20-21-22(26)28-16-29-23(21)31(30-20)25(2,3)15-27-24(32)33-14-18-9-5-4-6-10-18/h4-12,16H,13-15H2,1-3H3,(H,27,32)(H2,26,28,29). The summed E-state index contributed by atoms with van der Waals surface area (Å²) in [6.07, 6.45) is 1.55. The Morgan fingerprint density at radius 2 is 1.85 bits per heavy atom. The molecule has 0 radical (unpaired) electrons. The van der Waals surface area contributed by atoms with Gasteiger partial charge in [-0.25, -0.2) is 19.4 Å². The number of nitrogens with zero attached hydrogens (tertiary/aromatic N) is 4. The maximum atomic E-state index is 12.3. The number of aromatic nitrogens is 4. The van der Waals surface area contributed by atoms with Crippen molar-refractivity contribution in [1.82, 2.24) is 25.1 Å². The second kappa shape index (κ2) is 9.28. The highest BCUT2D eigenvalue weighted by Crippen LogP contribution is 2.28. The molecule has 0 aliphatic heterocycles. The van der Waals surface area contributed by atoms with Crippen LogP contribution in [0.1, 0.15) is 36.2 Å². The minimum atomic E-state index is -0.588. The van der Waals surface area contributed by atoms with Gasteiger partial charge in [0.15, 0.2) is 5.65 Å². The maximum absolute atomic E-state index is 12.3. The molecule has 0 spiro atoms. The summed E-state index contributed by atoms with van der Waals surface area (Å²) in [5, 5.41) is 8.44. The van der Waals surface area contributed by atoms with Gasteiger partial charge in [-0.2, -0.15) is 5.10 Å². The second-order valence-corrected chi connectivity index (χ2v) is 8.71. The van der Waals surface area contributed by atoms with E-state index in [-0.39, 0.29) is 6.61 Å². The molecule has 4 aromatic rings. The molecule has 3 N–H and O–H groups in total. The van der Waals surface area contributed by atoms with Crippen LogP contribution in [0.2, 0.25) is 0 Å². The molecule has 0 saturated carbocycles. The van der Waals surface area contributed by atoms with Crippen LogP contribution in [0.4, 0.5) is 10.6 Å². The Kier molecular flexibility index (Phi) is 6.26. The third kappa shape index (κ3) is 5.11. The van der Waals surface area contributed by atoms with E-state index in [1.54, 1.807) is 0 Å². The molecule has 8 nitrogen and oxygen atoms in total. The Morgan fingerprint density at radius 3 is 2.61 bits per heavy atom. The van der Waals surface area contributed by atoms with Gasteiger partial charge in [0.05, 0.1) is 16.6 Å². The summed E-state index contributed by atoms with van der Waals surface area (Å²) in [6, 6.07) is 17.8. The Labute approximate surface area is 192 Å². The van der Waals surface area contributed by atoms with Gasteiger partial charge in [-0.05, 0) is 31.9 Å². The van der Waals surface area contributed by atoms with Crippen LogP contribution in [-0.4, -0.2) is 32.4 Å². The van der Waals surface area contributed by atoms with Crippen LogP contribution in [0.5, 0.6) is 0 Å². The Hall–Kier alpha value is -3.94. The number of hydrogen-bond acceptors (Lipinski definition) is 6. The second-order valence-electron chi connectivity index (χ2n) is 8.71. The summed E-state index contributed by atoms with van der Waals surface area (Å²) in [6.45, 7) is 6.52. The molecule has 8 heteroatoms. The number of carbonyl (C=O) groups excluding carboxylic acids is 1. The van der Waals surface area contributed by atoms with E-state index in [0.717, 1.165) is 22.2 Å². The molecule has 0 aliphatic carbocycles. The van der Waals surface area contributed by atoms with Gasteiger partial charge in [0, 0.05) is 13.0 Å². The molecular formula is C25H28N6O2. The van der Waals surface area contributed by atoms with Crippen LogP contribution < -0.4 is 11.1 Å². The van der Waals surface area contributed by atoms with Crippen molar-refractivity contribution in [2.75, 3.05) is 12.3 Å². The van der Waals surface area contributed by atoms with E-state index in [1.165, 1.54) is 11.9 Å². The smallest absolute Gasteiger partial charge is 0.407 e. The summed E-state index contributed by atoms with van der Waals surface area (Å²) in [5.41, 5.74) is 10.3. The Balaban J connectivity index is 1.53. The molecular weight excluding hydrogens is 416 g/mol. The lowest BCUT2D eigenvalue weighted by Gasteiger charge is -2.26. The lowest BCUT2D eigenvalue weighted by molar-refractivity contribution is 0.135. The van der Waals surface area contributed by atoms with Crippen molar-refractivity contribution in [2.45, 2.75) is 39.3 Å². The zero-order chi connectivity index (χ0) is 23.4. The van der Waals surface area contributed by atoms with E-state index < -0.39 is 11.6 Å². The SMILES string of the molecule is Cc1cccc(Cc2nn(C(C)(C)CNC(=O)OCc3ccccc3)c3ncnc(N)c23)c1. The number of carbonyl (C=O) groups is 1. The van der Waals surface area contributed by atoms with Crippen LogP contribution in [-0.2, 0) is 23.3 Å². The topological polar surface area (TPSA) is 108 Å². The van der Waals surface area contributed by atoms with Gasteiger partial charge in [0.1, 0.15) is 18.8 Å². The fourth-order valence-corrected chi connectivity index (χ4v) is 3.74. The van der Waals surface area contributed by atoms with Gasteiger partial charge in [-0.15, -0.1) is 0 Å². The summed E-state index contributed by atoms with van der Waals surface area (Å²) < 4.78 is 7.14. The zero-order valence-corrected chi connectivity index (χ0v) is 19.1. The van der Waals surface area contributed by atoms with Crippen LogP contribution >= 0.6 is 0 Å². The maximum Gasteiger partial charge on any atom is 0.407 e. The molecule has 0 bridgehead atoms. The van der Waals surface area contributed by atoms with Crippen LogP contribution in [0, 0.1) is 6.92 Å². The molecule has 4 rings (SSSR count). The van der Waals surface area contributed by atoms with E-state index in [0.29, 0.717) is 24.4 Å². The van der Waals surface area contributed by atoms with Crippen LogP contribution in [0.25, 0.3) is 11.0 Å². The van der Waals surface area contributed by atoms with Crippen LogP contribution in [0.3, 0.4) is 0 Å². The molecule has 33 heavy (non-hydrogen) atoms. The van der Waals surface area contributed by atoms with E-state index in [4.69, 9.17) is 15.6 Å². The minimum Gasteiger partial charge on any atom is -0.445 e. The largest absolute Gasteiger partial charge is 0.445 e. The quantitative estimate of drug-likeness (QED) is 0.447. The molecule has 0 aliphatic rings. The van der Waals surface area contributed by atoms with Crippen molar-refractivity contribution in [3.63, 3.8) is 0 Å². The Bertz CT molecular complexity index is 1270. The third-order valence-electron chi connectivity index (χ3n) is 5.47. The van der Waals surface area contributed by atoms with E-state index in [1.807, 2.05) is 54.9 Å². The predicted molar refractivity (Wildman–Crippen MR) is 128 cm³/mol. The van der Waals surface area contributed by atoms with Crippen molar-refractivity contribution in [1.29, 1.82) is 0 Å². The molecule has 0 fully saturated rings. The minimum absolute atomic E-state index is 0.211. The number of aryl methyl sites for hydroxylation is 1. The average molecular weight is 445 g/mol. The van der Waals surface area contributed by atoms with Crippen molar-refractivity contribution in [2.24, 2.45) is 0 Å². The number of anilines is 1. The van der Waals surface area contributed by atoms with Crippen LogP contribution in [0.15, 0.2) is 60.9 Å². The lowest BCUT2D eigenvalue weighted by Crippen LogP contribution is -2.41. The first-order chi connectivity index (χ1) is 15.8. The summed E-state index contributed by atoms with van der Waals surface area (Å²) in [5.74, 6) is 0.389. The summed E-state index contributed by atoms with van der Waals surface area (Å²) in [4.78, 5) is 20.9. The number of rotatable bonds is 7. The monoisotopic (exact) mass is 444 g/mol. The molecule has 2 aromatic heterocycles. The number of fused-ring (bicyclic) bond motifs is 1. The summed E-state index contributed by atoms with van der Waals surface area (Å²) >= 11 is 0. The number of nitrogen functional groups attached to an aromatic ring is 1. The van der Waals surface area contributed by atoms with Gasteiger partial charge in [-0.3, -0.25) is 0 Å². The van der Waals surface area contributed by atoms with Gasteiger partial charge >= 0.3 is 6.09 Å². The number of hydrogen-bond donors (Lipinski definition) is 2. The third-order valence-corrected chi connectivity index (χ3v) is 5.47. The van der Waals surface area contributed by atoms with Crippen molar-refractivity contribution >= 4 is 22.9 Å². The molecule has 0 saturated heterocycles. The van der Waals surface area contributed by atoms with E-state index >= 15 is 0 Å². The molecule has 1 amide bonds. The van der Waals surface area contributed by atoms with Crippen molar-refractivity contribution < 1.29 is 9.53 Å². The van der Waals surface area contributed by atoms with E-state index in [2.05, 4.69) is 40.4 Å². The highest BCUT2D eigenvalue weighted by Gasteiger charge is 2.28.